The van der Waals surface area contributed by atoms with Gasteiger partial charge in [0.05, 0.1) is 0 Å². The summed E-state index contributed by atoms with van der Waals surface area (Å²) in [5, 5.41) is 2.94. The number of carbonyl (C=O) groups is 2. The summed E-state index contributed by atoms with van der Waals surface area (Å²) in [7, 11) is 0. The number of anilines is 1. The summed E-state index contributed by atoms with van der Waals surface area (Å²) in [5.41, 5.74) is 2.62. The van der Waals surface area contributed by atoms with Gasteiger partial charge in [0.1, 0.15) is 13.2 Å². The number of hydrogen-bond donors (Lipinski definition) is 1. The summed E-state index contributed by atoms with van der Waals surface area (Å²) in [6.45, 7) is 8.81. The Morgan fingerprint density at radius 3 is 2.33 bits per heavy atom. The number of benzene rings is 2. The lowest BCUT2D eigenvalue weighted by Gasteiger charge is -2.35. The smallest absolute Gasteiger partial charge is 0.255 e. The highest BCUT2D eigenvalue weighted by atomic mass is 16.6. The van der Waals surface area contributed by atoms with Crippen LogP contribution in [0.25, 0.3) is 0 Å². The molecular formula is C24H28N2O4. The SMILES string of the molecule is Cc1ccc(C(=O)N2CC(C)CC(C)C2)cc1NC(=O)c1ccc2c(c1)OCCO2. The van der Waals surface area contributed by atoms with Gasteiger partial charge >= 0.3 is 0 Å². The predicted molar refractivity (Wildman–Crippen MR) is 115 cm³/mol. The van der Waals surface area contributed by atoms with E-state index < -0.39 is 0 Å². The van der Waals surface area contributed by atoms with E-state index in [1.165, 1.54) is 0 Å². The minimum atomic E-state index is -0.250. The highest BCUT2D eigenvalue weighted by Crippen LogP contribution is 2.31. The normalized spacial score (nSPS) is 20.6. The number of likely N-dealkylation sites (tertiary alicyclic amines) is 1. The Labute approximate surface area is 177 Å². The van der Waals surface area contributed by atoms with E-state index >= 15 is 0 Å². The lowest BCUT2D eigenvalue weighted by molar-refractivity contribution is 0.0623. The molecule has 2 aliphatic rings. The Morgan fingerprint density at radius 1 is 0.933 bits per heavy atom. The first-order valence-corrected chi connectivity index (χ1v) is 10.5. The van der Waals surface area contributed by atoms with Crippen molar-refractivity contribution in [3.63, 3.8) is 0 Å². The van der Waals surface area contributed by atoms with Gasteiger partial charge in [-0.15, -0.1) is 0 Å². The average Bonchev–Trinajstić information content (AvgIpc) is 2.73. The molecule has 0 spiro atoms. The van der Waals surface area contributed by atoms with Crippen LogP contribution >= 0.6 is 0 Å². The molecule has 2 aromatic rings. The largest absolute Gasteiger partial charge is 0.486 e. The third kappa shape index (κ3) is 4.27. The molecule has 2 aromatic carbocycles. The van der Waals surface area contributed by atoms with Gasteiger partial charge in [0, 0.05) is 29.9 Å². The van der Waals surface area contributed by atoms with E-state index in [2.05, 4.69) is 19.2 Å². The van der Waals surface area contributed by atoms with E-state index in [-0.39, 0.29) is 11.8 Å². The quantitative estimate of drug-likeness (QED) is 0.829. The minimum absolute atomic E-state index is 0.0169. The zero-order valence-electron chi connectivity index (χ0n) is 17.7. The fourth-order valence-corrected chi connectivity index (χ4v) is 4.28. The van der Waals surface area contributed by atoms with Crippen LogP contribution in [0.2, 0.25) is 0 Å². The molecule has 0 saturated carbocycles. The van der Waals surface area contributed by atoms with Gasteiger partial charge in [0.15, 0.2) is 11.5 Å². The van der Waals surface area contributed by atoms with Crippen molar-refractivity contribution < 1.29 is 19.1 Å². The molecule has 158 valence electrons. The molecule has 6 heteroatoms. The van der Waals surface area contributed by atoms with Gasteiger partial charge in [-0.1, -0.05) is 19.9 Å². The molecule has 2 heterocycles. The number of hydrogen-bond acceptors (Lipinski definition) is 4. The van der Waals surface area contributed by atoms with E-state index in [1.54, 1.807) is 24.3 Å². The molecule has 4 rings (SSSR count). The monoisotopic (exact) mass is 408 g/mol. The van der Waals surface area contributed by atoms with Crippen molar-refractivity contribution in [1.82, 2.24) is 4.90 Å². The van der Waals surface area contributed by atoms with Crippen LogP contribution in [0.3, 0.4) is 0 Å². The maximum Gasteiger partial charge on any atom is 0.255 e. The summed E-state index contributed by atoms with van der Waals surface area (Å²) >= 11 is 0. The van der Waals surface area contributed by atoms with Crippen LogP contribution in [0.1, 0.15) is 46.5 Å². The first-order valence-electron chi connectivity index (χ1n) is 10.5. The Bertz CT molecular complexity index is 962. The van der Waals surface area contributed by atoms with Crippen LogP contribution in [-0.4, -0.2) is 43.0 Å². The average molecular weight is 408 g/mol. The Hall–Kier alpha value is -3.02. The standard InChI is InChI=1S/C24H28N2O4/c1-15-10-16(2)14-26(13-15)24(28)19-5-4-17(3)20(11-19)25-23(27)18-6-7-21-22(12-18)30-9-8-29-21/h4-7,11-12,15-16H,8-10,13-14H2,1-3H3,(H,25,27). The summed E-state index contributed by atoms with van der Waals surface area (Å²) in [6, 6.07) is 10.6. The summed E-state index contributed by atoms with van der Waals surface area (Å²) in [5.74, 6) is 1.98. The number of aryl methyl sites for hydroxylation is 1. The zero-order valence-corrected chi connectivity index (χ0v) is 17.7. The Kier molecular flexibility index (Phi) is 5.66. The minimum Gasteiger partial charge on any atom is -0.486 e. The molecule has 0 radical (unpaired) electrons. The number of carbonyl (C=O) groups excluding carboxylic acids is 2. The molecule has 2 aliphatic heterocycles. The molecule has 0 aromatic heterocycles. The number of ether oxygens (including phenoxy) is 2. The number of piperidine rings is 1. The van der Waals surface area contributed by atoms with Crippen molar-refractivity contribution in [2.45, 2.75) is 27.2 Å². The van der Waals surface area contributed by atoms with Crippen LogP contribution in [0.5, 0.6) is 11.5 Å². The molecule has 0 aliphatic carbocycles. The molecule has 1 N–H and O–H groups in total. The third-order valence-corrected chi connectivity index (χ3v) is 5.69. The maximum atomic E-state index is 13.1. The number of amides is 2. The fraction of sp³-hybridized carbons (Fsp3) is 0.417. The van der Waals surface area contributed by atoms with Crippen molar-refractivity contribution in [1.29, 1.82) is 0 Å². The first kappa shape index (κ1) is 20.3. The predicted octanol–water partition coefficient (Wildman–Crippen LogP) is 4.14. The van der Waals surface area contributed by atoms with Gasteiger partial charge in [0.25, 0.3) is 11.8 Å². The molecule has 2 unspecified atom stereocenters. The molecule has 30 heavy (non-hydrogen) atoms. The Balaban J connectivity index is 1.52. The van der Waals surface area contributed by atoms with Crippen molar-refractivity contribution in [3.8, 4) is 11.5 Å². The molecule has 1 saturated heterocycles. The lowest BCUT2D eigenvalue weighted by Crippen LogP contribution is -2.42. The van der Waals surface area contributed by atoms with Gasteiger partial charge < -0.3 is 19.7 Å². The second-order valence-electron chi connectivity index (χ2n) is 8.50. The number of rotatable bonds is 3. The zero-order chi connectivity index (χ0) is 21.3. The van der Waals surface area contributed by atoms with Crippen molar-refractivity contribution >= 4 is 17.5 Å². The molecule has 0 bridgehead atoms. The molecule has 2 atom stereocenters. The van der Waals surface area contributed by atoms with Gasteiger partial charge in [0.2, 0.25) is 0 Å². The van der Waals surface area contributed by atoms with E-state index in [1.807, 2.05) is 24.0 Å². The van der Waals surface area contributed by atoms with Crippen LogP contribution in [0, 0.1) is 18.8 Å². The molecule has 1 fully saturated rings. The van der Waals surface area contributed by atoms with Crippen LogP contribution in [-0.2, 0) is 0 Å². The second kappa shape index (κ2) is 8.38. The summed E-state index contributed by atoms with van der Waals surface area (Å²) in [6.07, 6.45) is 1.15. The molecule has 6 nitrogen and oxygen atoms in total. The van der Waals surface area contributed by atoms with Gasteiger partial charge in [-0.3, -0.25) is 9.59 Å². The summed E-state index contributed by atoms with van der Waals surface area (Å²) in [4.78, 5) is 27.8. The summed E-state index contributed by atoms with van der Waals surface area (Å²) < 4.78 is 11.1. The number of fused-ring (bicyclic) bond motifs is 1. The van der Waals surface area contributed by atoms with Crippen LogP contribution in [0.15, 0.2) is 36.4 Å². The van der Waals surface area contributed by atoms with Gasteiger partial charge in [-0.05, 0) is 61.1 Å². The van der Waals surface area contributed by atoms with Crippen molar-refractivity contribution in [3.05, 3.63) is 53.1 Å². The van der Waals surface area contributed by atoms with Crippen molar-refractivity contribution in [2.75, 3.05) is 31.6 Å². The highest BCUT2D eigenvalue weighted by Gasteiger charge is 2.26. The highest BCUT2D eigenvalue weighted by molar-refractivity contribution is 6.06. The number of nitrogens with zero attached hydrogens (tertiary/aromatic N) is 1. The molecule has 2 amide bonds. The van der Waals surface area contributed by atoms with Crippen LogP contribution < -0.4 is 14.8 Å². The maximum absolute atomic E-state index is 13.1. The molecular weight excluding hydrogens is 380 g/mol. The lowest BCUT2D eigenvalue weighted by atomic mass is 9.91. The Morgan fingerprint density at radius 2 is 1.60 bits per heavy atom. The van der Waals surface area contributed by atoms with E-state index in [4.69, 9.17) is 9.47 Å². The van der Waals surface area contributed by atoms with E-state index in [0.29, 0.717) is 53.4 Å². The topological polar surface area (TPSA) is 67.9 Å². The second-order valence-corrected chi connectivity index (χ2v) is 8.50. The third-order valence-electron chi connectivity index (χ3n) is 5.69. The van der Waals surface area contributed by atoms with E-state index in [0.717, 1.165) is 25.1 Å². The van der Waals surface area contributed by atoms with Crippen molar-refractivity contribution in [2.24, 2.45) is 11.8 Å². The first-order chi connectivity index (χ1) is 14.4. The van der Waals surface area contributed by atoms with Gasteiger partial charge in [-0.25, -0.2) is 0 Å². The van der Waals surface area contributed by atoms with Gasteiger partial charge in [-0.2, -0.15) is 0 Å². The fourth-order valence-electron chi connectivity index (χ4n) is 4.28. The van der Waals surface area contributed by atoms with Crippen LogP contribution in [0.4, 0.5) is 5.69 Å². The number of nitrogens with one attached hydrogen (secondary N) is 1. The van der Waals surface area contributed by atoms with E-state index in [9.17, 15) is 9.59 Å².